The van der Waals surface area contributed by atoms with E-state index in [1.165, 1.54) is 51.9 Å². The number of hydrazone groups is 1. The third kappa shape index (κ3) is 8.28. The van der Waals surface area contributed by atoms with Gasteiger partial charge in [-0.05, 0) is 80.0 Å². The van der Waals surface area contributed by atoms with Crippen molar-refractivity contribution in [3.63, 3.8) is 0 Å². The number of amidine groups is 1. The fourth-order valence-electron chi connectivity index (χ4n) is 4.20. The normalized spacial score (nSPS) is 15.0. The summed E-state index contributed by atoms with van der Waals surface area (Å²) < 4.78 is 48.7. The molecule has 0 spiro atoms. The predicted octanol–water partition coefficient (Wildman–Crippen LogP) is 6.66. The van der Waals surface area contributed by atoms with E-state index in [0.717, 1.165) is 23.1 Å². The highest BCUT2D eigenvalue weighted by Crippen LogP contribution is 2.36. The van der Waals surface area contributed by atoms with Crippen molar-refractivity contribution in [3.05, 3.63) is 84.2 Å². The van der Waals surface area contributed by atoms with Gasteiger partial charge in [-0.15, -0.1) is 18.3 Å². The molecule has 46 heavy (non-hydrogen) atoms. The molecule has 1 aromatic heterocycles. The minimum Gasteiger partial charge on any atom is -0.489 e. The number of rotatable bonds is 9. The van der Waals surface area contributed by atoms with E-state index in [1.54, 1.807) is 18.3 Å². The number of thioether (sulfide) groups is 1. The number of hydrogen-bond donors (Lipinski definition) is 1. The van der Waals surface area contributed by atoms with Gasteiger partial charge < -0.3 is 9.47 Å². The zero-order valence-corrected chi connectivity index (χ0v) is 26.5. The molecule has 10 nitrogen and oxygen atoms in total. The number of hydrogen-bond acceptors (Lipinski definition) is 8. The molecule has 0 radical (unpaired) electrons. The van der Waals surface area contributed by atoms with Crippen molar-refractivity contribution >= 4 is 52.1 Å². The van der Waals surface area contributed by atoms with Gasteiger partial charge in [0.25, 0.3) is 0 Å². The van der Waals surface area contributed by atoms with Gasteiger partial charge in [-0.3, -0.25) is 15.1 Å². The number of aromatic nitrogens is 3. The molecule has 1 N–H and O–H groups in total. The monoisotopic (exact) mass is 667 g/mol. The van der Waals surface area contributed by atoms with Crippen LogP contribution in [0.1, 0.15) is 31.4 Å². The number of halogens is 3. The lowest BCUT2D eigenvalue weighted by Gasteiger charge is -2.22. The first-order valence-corrected chi connectivity index (χ1v) is 15.4. The van der Waals surface area contributed by atoms with Gasteiger partial charge in [-0.1, -0.05) is 49.0 Å². The number of benzene rings is 3. The molecule has 2 heterocycles. The van der Waals surface area contributed by atoms with E-state index in [-0.39, 0.29) is 28.6 Å². The first kappa shape index (κ1) is 32.6. The summed E-state index contributed by atoms with van der Waals surface area (Å²) in [6.45, 7) is 5.95. The summed E-state index contributed by atoms with van der Waals surface area (Å²) in [5.41, 5.74) is 6.32. The number of carbonyl (C=O) groups excluding carboxylic acids is 1. The molecule has 1 fully saturated rings. The molecule has 1 unspecified atom stereocenters. The number of thiocarbonyl (C=S) groups is 1. The summed E-state index contributed by atoms with van der Waals surface area (Å²) in [4.78, 5) is 23.1. The SMILES string of the molecule is CCC(C)Oc1ccc(C)cc1N1C(=O)CSC1=NC(=S)N/N=C/c1ccc(-c2ncn(-c3ccc(OC(F)(F)F)cc3)n2)cc1. The summed E-state index contributed by atoms with van der Waals surface area (Å²) >= 11 is 6.67. The van der Waals surface area contributed by atoms with Gasteiger partial charge in [-0.2, -0.15) is 10.1 Å². The first-order valence-electron chi connectivity index (χ1n) is 14.0. The molecule has 238 valence electrons. The van der Waals surface area contributed by atoms with Crippen molar-refractivity contribution in [3.8, 4) is 28.6 Å². The number of aryl methyl sites for hydroxylation is 1. The Balaban J connectivity index is 1.21. The minimum absolute atomic E-state index is 0.0249. The van der Waals surface area contributed by atoms with Crippen molar-refractivity contribution in [2.24, 2.45) is 10.1 Å². The summed E-state index contributed by atoms with van der Waals surface area (Å²) in [5.74, 6) is 0.800. The van der Waals surface area contributed by atoms with Gasteiger partial charge in [0.1, 0.15) is 17.8 Å². The number of alkyl halides is 3. The third-order valence-corrected chi connectivity index (χ3v) is 7.70. The van der Waals surface area contributed by atoms with E-state index in [0.29, 0.717) is 28.1 Å². The largest absolute Gasteiger partial charge is 0.573 e. The average Bonchev–Trinajstić information content (AvgIpc) is 3.65. The van der Waals surface area contributed by atoms with Crippen LogP contribution in [0.2, 0.25) is 0 Å². The quantitative estimate of drug-likeness (QED) is 0.120. The molecular weight excluding hydrogens is 640 g/mol. The van der Waals surface area contributed by atoms with Crippen LogP contribution in [0.5, 0.6) is 11.5 Å². The van der Waals surface area contributed by atoms with Crippen molar-refractivity contribution in [1.29, 1.82) is 0 Å². The maximum absolute atomic E-state index is 12.9. The Hall–Kier alpha value is -4.76. The fraction of sp³-hybridized carbons (Fsp3) is 0.226. The molecule has 15 heteroatoms. The molecule has 5 rings (SSSR count). The summed E-state index contributed by atoms with van der Waals surface area (Å²) in [7, 11) is 0. The molecule has 0 aliphatic carbocycles. The average molecular weight is 668 g/mol. The molecule has 0 bridgehead atoms. The second kappa shape index (κ2) is 14.1. The van der Waals surface area contributed by atoms with E-state index in [4.69, 9.17) is 17.0 Å². The Labute approximate surface area is 272 Å². The van der Waals surface area contributed by atoms with Gasteiger partial charge in [0.2, 0.25) is 11.0 Å². The van der Waals surface area contributed by atoms with Crippen LogP contribution in [-0.4, -0.2) is 55.4 Å². The zero-order chi connectivity index (χ0) is 32.8. The van der Waals surface area contributed by atoms with Crippen LogP contribution in [0.15, 0.2) is 83.2 Å². The lowest BCUT2D eigenvalue weighted by molar-refractivity contribution is -0.274. The van der Waals surface area contributed by atoms with Crippen molar-refractivity contribution in [2.75, 3.05) is 10.7 Å². The topological polar surface area (TPSA) is 106 Å². The Morgan fingerprint density at radius 2 is 1.89 bits per heavy atom. The number of ether oxygens (including phenoxy) is 2. The van der Waals surface area contributed by atoms with Crippen molar-refractivity contribution in [2.45, 2.75) is 39.7 Å². The van der Waals surface area contributed by atoms with Crippen molar-refractivity contribution < 1.29 is 27.4 Å². The molecule has 1 saturated heterocycles. The molecule has 1 amide bonds. The van der Waals surface area contributed by atoms with Crippen LogP contribution in [-0.2, 0) is 4.79 Å². The van der Waals surface area contributed by atoms with E-state index < -0.39 is 6.36 Å². The number of amides is 1. The highest BCUT2D eigenvalue weighted by Gasteiger charge is 2.33. The Kier molecular flexibility index (Phi) is 10.0. The van der Waals surface area contributed by atoms with Crippen molar-refractivity contribution in [1.82, 2.24) is 20.2 Å². The van der Waals surface area contributed by atoms with Crippen LogP contribution in [0.25, 0.3) is 17.1 Å². The maximum Gasteiger partial charge on any atom is 0.573 e. The first-order chi connectivity index (χ1) is 22.0. The van der Waals surface area contributed by atoms with Gasteiger partial charge in [-0.25, -0.2) is 9.67 Å². The number of anilines is 1. The lowest BCUT2D eigenvalue weighted by Crippen LogP contribution is -2.31. The van der Waals surface area contributed by atoms with E-state index in [9.17, 15) is 18.0 Å². The number of nitrogens with one attached hydrogen (secondary N) is 1. The summed E-state index contributed by atoms with van der Waals surface area (Å²) in [5, 5.41) is 9.10. The zero-order valence-electron chi connectivity index (χ0n) is 24.9. The minimum atomic E-state index is -4.76. The number of aliphatic imine (C=N–C) groups is 1. The maximum atomic E-state index is 12.9. The predicted molar refractivity (Wildman–Crippen MR) is 176 cm³/mol. The fourth-order valence-corrected chi connectivity index (χ4v) is 5.26. The Bertz CT molecular complexity index is 1780. The Morgan fingerprint density at radius 3 is 2.59 bits per heavy atom. The van der Waals surface area contributed by atoms with Gasteiger partial charge in [0.05, 0.1) is 29.4 Å². The van der Waals surface area contributed by atoms with Crippen LogP contribution >= 0.6 is 24.0 Å². The standard InChI is InChI=1S/C31H28F3N7O3S2/c1-4-20(3)43-26-14-5-19(2)15-25(26)41-27(42)17-46-30(41)37-29(45)38-36-16-21-6-8-22(9-7-21)28-35-18-40(39-28)23-10-12-24(13-11-23)44-31(32,33)34/h5-16,18,20H,4,17H2,1-3H3,(H,38,45)/b36-16+,37-30?. The lowest BCUT2D eigenvalue weighted by atomic mass is 10.1. The van der Waals surface area contributed by atoms with Crippen LogP contribution < -0.4 is 19.8 Å². The van der Waals surface area contributed by atoms with Gasteiger partial charge >= 0.3 is 6.36 Å². The molecule has 1 aliphatic heterocycles. The van der Waals surface area contributed by atoms with Crippen LogP contribution in [0.3, 0.4) is 0 Å². The second-order valence-corrected chi connectivity index (χ2v) is 11.4. The molecular formula is C31H28F3N7O3S2. The highest BCUT2D eigenvalue weighted by atomic mass is 32.2. The third-order valence-electron chi connectivity index (χ3n) is 6.59. The smallest absolute Gasteiger partial charge is 0.489 e. The van der Waals surface area contributed by atoms with Gasteiger partial charge in [0, 0.05) is 5.56 Å². The molecule has 3 aromatic carbocycles. The molecule has 0 saturated carbocycles. The van der Waals surface area contributed by atoms with Crippen LogP contribution in [0.4, 0.5) is 18.9 Å². The van der Waals surface area contributed by atoms with E-state index in [1.807, 2.05) is 51.1 Å². The van der Waals surface area contributed by atoms with Gasteiger partial charge in [0.15, 0.2) is 11.0 Å². The molecule has 1 atom stereocenters. The number of nitrogens with zero attached hydrogens (tertiary/aromatic N) is 6. The van der Waals surface area contributed by atoms with Crippen LogP contribution in [0, 0.1) is 6.92 Å². The van der Waals surface area contributed by atoms with E-state index in [2.05, 4.69) is 30.3 Å². The molecule has 1 aliphatic rings. The molecule has 4 aromatic rings. The Morgan fingerprint density at radius 1 is 1.15 bits per heavy atom. The highest BCUT2D eigenvalue weighted by molar-refractivity contribution is 8.15. The summed E-state index contributed by atoms with van der Waals surface area (Å²) in [6, 6.07) is 18.2. The summed E-state index contributed by atoms with van der Waals surface area (Å²) in [6.07, 6.45) is -0.938. The second-order valence-electron chi connectivity index (χ2n) is 10.1. The number of carbonyl (C=O) groups is 1. The van der Waals surface area contributed by atoms with E-state index >= 15 is 0 Å².